The Balaban J connectivity index is 2.23. The molecule has 2 aromatic rings. The number of likely N-dealkylation sites (N-methyl/N-ethyl adjacent to an activating group) is 1. The summed E-state index contributed by atoms with van der Waals surface area (Å²) in [6, 6.07) is 12.0. The van der Waals surface area contributed by atoms with Crippen molar-refractivity contribution in [2.75, 3.05) is 13.1 Å². The minimum absolute atomic E-state index is 0.0139. The van der Waals surface area contributed by atoms with E-state index in [0.29, 0.717) is 18.8 Å². The largest absolute Gasteiger partial charge is 0.480 e. The summed E-state index contributed by atoms with van der Waals surface area (Å²) in [6.07, 6.45) is -0.498. The minimum atomic E-state index is -0.498. The van der Waals surface area contributed by atoms with Gasteiger partial charge in [0.2, 0.25) is 0 Å². The van der Waals surface area contributed by atoms with Crippen molar-refractivity contribution in [2.24, 2.45) is 0 Å². The standard InChI is InChI=1S/C17H20BrNO2/c1-4-19(5-2)17(20)12(3)21-15-11-10-13-8-6-7-9-14(13)16(15)18/h6-12H,4-5H2,1-3H3. The van der Waals surface area contributed by atoms with Crippen molar-refractivity contribution in [3.63, 3.8) is 0 Å². The van der Waals surface area contributed by atoms with E-state index >= 15 is 0 Å². The monoisotopic (exact) mass is 349 g/mol. The average Bonchev–Trinajstić information content (AvgIpc) is 2.51. The van der Waals surface area contributed by atoms with Crippen LogP contribution in [-0.4, -0.2) is 30.0 Å². The number of hydrogen-bond acceptors (Lipinski definition) is 2. The number of carbonyl (C=O) groups excluding carboxylic acids is 1. The molecule has 0 N–H and O–H groups in total. The highest BCUT2D eigenvalue weighted by Crippen LogP contribution is 2.33. The van der Waals surface area contributed by atoms with Crippen molar-refractivity contribution in [3.8, 4) is 5.75 Å². The van der Waals surface area contributed by atoms with Gasteiger partial charge in [-0.05, 0) is 53.5 Å². The lowest BCUT2D eigenvalue weighted by Crippen LogP contribution is -2.40. The Morgan fingerprint density at radius 3 is 2.52 bits per heavy atom. The van der Waals surface area contributed by atoms with Crippen molar-refractivity contribution in [1.82, 2.24) is 4.90 Å². The number of amides is 1. The molecule has 2 aromatic carbocycles. The molecule has 112 valence electrons. The zero-order chi connectivity index (χ0) is 15.4. The highest BCUT2D eigenvalue weighted by molar-refractivity contribution is 9.10. The first-order valence-corrected chi connectivity index (χ1v) is 8.00. The van der Waals surface area contributed by atoms with E-state index in [1.165, 1.54) is 0 Å². The Bertz CT molecular complexity index is 638. The number of hydrogen-bond donors (Lipinski definition) is 0. The smallest absolute Gasteiger partial charge is 0.263 e. The molecule has 21 heavy (non-hydrogen) atoms. The van der Waals surface area contributed by atoms with Crippen LogP contribution >= 0.6 is 15.9 Å². The molecule has 1 atom stereocenters. The Morgan fingerprint density at radius 2 is 1.86 bits per heavy atom. The first kappa shape index (κ1) is 15.8. The fourth-order valence-corrected chi connectivity index (χ4v) is 2.92. The quantitative estimate of drug-likeness (QED) is 0.807. The second kappa shape index (κ2) is 6.94. The summed E-state index contributed by atoms with van der Waals surface area (Å²) in [5, 5.41) is 2.22. The van der Waals surface area contributed by atoms with E-state index in [2.05, 4.69) is 15.9 Å². The molecule has 4 heteroatoms. The summed E-state index contributed by atoms with van der Waals surface area (Å²) >= 11 is 3.58. The summed E-state index contributed by atoms with van der Waals surface area (Å²) < 4.78 is 6.75. The van der Waals surface area contributed by atoms with E-state index in [4.69, 9.17) is 4.74 Å². The first-order valence-electron chi connectivity index (χ1n) is 7.21. The van der Waals surface area contributed by atoms with Crippen molar-refractivity contribution in [1.29, 1.82) is 0 Å². The van der Waals surface area contributed by atoms with E-state index in [-0.39, 0.29) is 5.91 Å². The third kappa shape index (κ3) is 3.38. The number of nitrogens with zero attached hydrogens (tertiary/aromatic N) is 1. The predicted molar refractivity (Wildman–Crippen MR) is 89.7 cm³/mol. The minimum Gasteiger partial charge on any atom is -0.480 e. The lowest BCUT2D eigenvalue weighted by Gasteiger charge is -2.24. The molecule has 0 saturated heterocycles. The van der Waals surface area contributed by atoms with Crippen LogP contribution in [0.25, 0.3) is 10.8 Å². The molecule has 0 saturated carbocycles. The van der Waals surface area contributed by atoms with Crippen molar-refractivity contribution < 1.29 is 9.53 Å². The van der Waals surface area contributed by atoms with Crippen LogP contribution in [0, 0.1) is 0 Å². The molecule has 1 amide bonds. The van der Waals surface area contributed by atoms with Gasteiger partial charge in [-0.3, -0.25) is 4.79 Å². The van der Waals surface area contributed by atoms with Crippen molar-refractivity contribution in [2.45, 2.75) is 26.9 Å². The van der Waals surface area contributed by atoms with E-state index in [1.54, 1.807) is 11.8 Å². The maximum atomic E-state index is 12.3. The number of halogens is 1. The van der Waals surface area contributed by atoms with Crippen LogP contribution in [0.15, 0.2) is 40.9 Å². The lowest BCUT2D eigenvalue weighted by molar-refractivity contribution is -0.137. The number of carbonyl (C=O) groups is 1. The van der Waals surface area contributed by atoms with Crippen LogP contribution in [0.5, 0.6) is 5.75 Å². The molecule has 0 heterocycles. The van der Waals surface area contributed by atoms with Gasteiger partial charge in [-0.15, -0.1) is 0 Å². The summed E-state index contributed by atoms with van der Waals surface area (Å²) in [7, 11) is 0. The van der Waals surface area contributed by atoms with Crippen LogP contribution < -0.4 is 4.74 Å². The fraction of sp³-hybridized carbons (Fsp3) is 0.353. The second-order valence-electron chi connectivity index (χ2n) is 4.87. The molecule has 0 aliphatic carbocycles. The van der Waals surface area contributed by atoms with Gasteiger partial charge in [-0.2, -0.15) is 0 Å². The van der Waals surface area contributed by atoms with Gasteiger partial charge in [-0.25, -0.2) is 0 Å². The second-order valence-corrected chi connectivity index (χ2v) is 5.66. The molecule has 3 nitrogen and oxygen atoms in total. The Hall–Kier alpha value is -1.55. The summed E-state index contributed by atoms with van der Waals surface area (Å²) in [6.45, 7) is 7.13. The maximum Gasteiger partial charge on any atom is 0.263 e. The number of ether oxygens (including phenoxy) is 1. The third-order valence-electron chi connectivity index (χ3n) is 3.55. The Morgan fingerprint density at radius 1 is 1.19 bits per heavy atom. The SMILES string of the molecule is CCN(CC)C(=O)C(C)Oc1ccc2ccccc2c1Br. The van der Waals surface area contributed by atoms with Crippen LogP contribution in [0.4, 0.5) is 0 Å². The van der Waals surface area contributed by atoms with Crippen LogP contribution in [0.3, 0.4) is 0 Å². The molecule has 0 aliphatic heterocycles. The maximum absolute atomic E-state index is 12.3. The van der Waals surface area contributed by atoms with Gasteiger partial charge in [-0.1, -0.05) is 30.3 Å². The summed E-state index contributed by atoms with van der Waals surface area (Å²) in [5.74, 6) is 0.710. The molecule has 0 bridgehead atoms. The molecular weight excluding hydrogens is 330 g/mol. The van der Waals surface area contributed by atoms with Gasteiger partial charge in [0.15, 0.2) is 6.10 Å². The van der Waals surface area contributed by atoms with E-state index in [0.717, 1.165) is 15.2 Å². The van der Waals surface area contributed by atoms with Gasteiger partial charge in [0.1, 0.15) is 5.75 Å². The fourth-order valence-electron chi connectivity index (χ4n) is 2.34. The Labute approximate surface area is 134 Å². The average molecular weight is 350 g/mol. The highest BCUT2D eigenvalue weighted by Gasteiger charge is 2.20. The van der Waals surface area contributed by atoms with E-state index in [9.17, 15) is 4.79 Å². The lowest BCUT2D eigenvalue weighted by atomic mass is 10.1. The molecule has 1 unspecified atom stereocenters. The van der Waals surface area contributed by atoms with Crippen molar-refractivity contribution >= 4 is 32.6 Å². The molecule has 2 rings (SSSR count). The van der Waals surface area contributed by atoms with Gasteiger partial charge >= 0.3 is 0 Å². The Kier molecular flexibility index (Phi) is 5.23. The molecular formula is C17H20BrNO2. The van der Waals surface area contributed by atoms with Crippen LogP contribution in [-0.2, 0) is 4.79 Å². The van der Waals surface area contributed by atoms with Gasteiger partial charge in [0.25, 0.3) is 5.91 Å². The topological polar surface area (TPSA) is 29.5 Å². The van der Waals surface area contributed by atoms with Gasteiger partial charge < -0.3 is 9.64 Å². The normalized spacial score (nSPS) is 12.2. The molecule has 0 aliphatic rings. The summed E-state index contributed by atoms with van der Waals surface area (Å²) in [4.78, 5) is 14.0. The number of fused-ring (bicyclic) bond motifs is 1. The first-order chi connectivity index (χ1) is 10.1. The molecule has 0 spiro atoms. The highest BCUT2D eigenvalue weighted by atomic mass is 79.9. The van der Waals surface area contributed by atoms with Crippen molar-refractivity contribution in [3.05, 3.63) is 40.9 Å². The van der Waals surface area contributed by atoms with Crippen LogP contribution in [0.2, 0.25) is 0 Å². The number of benzene rings is 2. The third-order valence-corrected chi connectivity index (χ3v) is 4.37. The molecule has 0 radical (unpaired) electrons. The number of rotatable bonds is 5. The molecule has 0 aromatic heterocycles. The zero-order valence-corrected chi connectivity index (χ0v) is 14.2. The van der Waals surface area contributed by atoms with Gasteiger partial charge in [0, 0.05) is 13.1 Å². The predicted octanol–water partition coefficient (Wildman–Crippen LogP) is 4.24. The summed E-state index contributed by atoms with van der Waals surface area (Å²) in [5.41, 5.74) is 0. The zero-order valence-electron chi connectivity index (χ0n) is 12.6. The van der Waals surface area contributed by atoms with Gasteiger partial charge in [0.05, 0.1) is 4.47 Å². The van der Waals surface area contributed by atoms with E-state index in [1.807, 2.05) is 50.2 Å². The molecule has 0 fully saturated rings. The van der Waals surface area contributed by atoms with E-state index < -0.39 is 6.10 Å². The van der Waals surface area contributed by atoms with Crippen LogP contribution in [0.1, 0.15) is 20.8 Å².